The van der Waals surface area contributed by atoms with Crippen LogP contribution in [0.2, 0.25) is 5.02 Å². The Hall–Kier alpha value is -1.38. The van der Waals surface area contributed by atoms with E-state index in [1.807, 2.05) is 54.6 Å². The second-order valence-electron chi connectivity index (χ2n) is 3.80. The lowest BCUT2D eigenvalue weighted by Crippen LogP contribution is -2.20. The van der Waals surface area contributed by atoms with Crippen molar-refractivity contribution in [2.45, 2.75) is 5.92 Å². The molecule has 86 valence electrons. The molecule has 0 fully saturated rings. The summed E-state index contributed by atoms with van der Waals surface area (Å²) in [4.78, 5) is 0.471. The van der Waals surface area contributed by atoms with Gasteiger partial charge in [-0.1, -0.05) is 66.3 Å². The monoisotopic (exact) mass is 261 g/mol. The lowest BCUT2D eigenvalue weighted by molar-refractivity contribution is 1.08. The van der Waals surface area contributed by atoms with Gasteiger partial charge in [0.05, 0.1) is 10.9 Å². The average Bonchev–Trinajstić information content (AvgIpc) is 2.33. The van der Waals surface area contributed by atoms with Gasteiger partial charge in [-0.05, 0) is 23.3 Å². The van der Waals surface area contributed by atoms with Crippen molar-refractivity contribution < 1.29 is 0 Å². The summed E-state index contributed by atoms with van der Waals surface area (Å²) in [6.07, 6.45) is 0. The maximum atomic E-state index is 5.88. The molecule has 0 aromatic heterocycles. The quantitative estimate of drug-likeness (QED) is 0.852. The van der Waals surface area contributed by atoms with Crippen LogP contribution in [0.3, 0.4) is 0 Å². The van der Waals surface area contributed by atoms with Crippen molar-refractivity contribution in [3.63, 3.8) is 0 Å². The summed E-state index contributed by atoms with van der Waals surface area (Å²) in [5, 5.41) is 0.712. The van der Waals surface area contributed by atoms with E-state index in [0.717, 1.165) is 11.1 Å². The molecule has 0 saturated heterocycles. The van der Waals surface area contributed by atoms with E-state index in [9.17, 15) is 0 Å². The van der Waals surface area contributed by atoms with Crippen molar-refractivity contribution in [1.82, 2.24) is 0 Å². The minimum absolute atomic E-state index is 0.0523. The molecule has 0 aliphatic heterocycles. The van der Waals surface area contributed by atoms with E-state index in [0.29, 0.717) is 10.0 Å². The molecule has 1 atom stereocenters. The molecule has 0 saturated carbocycles. The highest BCUT2D eigenvalue weighted by atomic mass is 35.5. The van der Waals surface area contributed by atoms with Gasteiger partial charge in [0.1, 0.15) is 0 Å². The molecule has 0 bridgehead atoms. The van der Waals surface area contributed by atoms with E-state index in [4.69, 9.17) is 29.6 Å². The maximum absolute atomic E-state index is 5.88. The zero-order valence-corrected chi connectivity index (χ0v) is 10.7. The van der Waals surface area contributed by atoms with Crippen molar-refractivity contribution in [3.05, 3.63) is 70.7 Å². The van der Waals surface area contributed by atoms with Crippen LogP contribution in [-0.2, 0) is 0 Å². The first-order valence-corrected chi connectivity index (χ1v) is 6.07. The van der Waals surface area contributed by atoms with Crippen LogP contribution in [0.15, 0.2) is 54.6 Å². The molecular weight excluding hydrogens is 250 g/mol. The summed E-state index contributed by atoms with van der Waals surface area (Å²) < 4.78 is 0. The Balaban J connectivity index is 2.43. The molecule has 2 aromatic rings. The van der Waals surface area contributed by atoms with Gasteiger partial charge in [-0.15, -0.1) is 0 Å². The van der Waals surface area contributed by atoms with Crippen molar-refractivity contribution in [2.24, 2.45) is 5.73 Å². The van der Waals surface area contributed by atoms with Crippen LogP contribution in [0.25, 0.3) is 0 Å². The molecular formula is C14H12ClNS. The van der Waals surface area contributed by atoms with Crippen LogP contribution < -0.4 is 5.73 Å². The van der Waals surface area contributed by atoms with Crippen molar-refractivity contribution in [3.8, 4) is 0 Å². The molecule has 2 N–H and O–H groups in total. The third-order valence-electron chi connectivity index (χ3n) is 2.62. The molecule has 0 aliphatic rings. The first-order chi connectivity index (χ1) is 8.18. The van der Waals surface area contributed by atoms with Crippen LogP contribution in [0.4, 0.5) is 0 Å². The van der Waals surface area contributed by atoms with Gasteiger partial charge in [0.2, 0.25) is 0 Å². The first kappa shape index (κ1) is 12.1. The second kappa shape index (κ2) is 5.30. The number of hydrogen-bond acceptors (Lipinski definition) is 1. The largest absolute Gasteiger partial charge is 0.393 e. The van der Waals surface area contributed by atoms with E-state index in [1.165, 1.54) is 0 Å². The Bertz CT molecular complexity index is 508. The Morgan fingerprint density at radius 2 is 1.47 bits per heavy atom. The fourth-order valence-corrected chi connectivity index (χ4v) is 2.22. The van der Waals surface area contributed by atoms with Crippen molar-refractivity contribution in [2.75, 3.05) is 0 Å². The highest BCUT2D eigenvalue weighted by molar-refractivity contribution is 7.80. The summed E-state index contributed by atoms with van der Waals surface area (Å²) in [6.45, 7) is 0. The van der Waals surface area contributed by atoms with E-state index in [1.54, 1.807) is 0 Å². The third-order valence-corrected chi connectivity index (χ3v) is 3.11. The normalized spacial score (nSPS) is 12.1. The van der Waals surface area contributed by atoms with E-state index in [-0.39, 0.29) is 5.92 Å². The van der Waals surface area contributed by atoms with Gasteiger partial charge in [0, 0.05) is 5.02 Å². The van der Waals surface area contributed by atoms with Crippen molar-refractivity contribution in [1.29, 1.82) is 0 Å². The fourth-order valence-electron chi connectivity index (χ4n) is 1.82. The lowest BCUT2D eigenvalue weighted by atomic mass is 9.91. The number of thiocarbonyl (C=S) groups is 1. The van der Waals surface area contributed by atoms with Gasteiger partial charge in [-0.3, -0.25) is 0 Å². The van der Waals surface area contributed by atoms with Gasteiger partial charge >= 0.3 is 0 Å². The standard InChI is InChI=1S/C14H12ClNS/c15-12-8-6-11(7-9-12)13(14(16)17)10-4-2-1-3-5-10/h1-9,13H,(H2,16,17)/t13-/m0/s1. The summed E-state index contributed by atoms with van der Waals surface area (Å²) in [5.41, 5.74) is 8.00. The first-order valence-electron chi connectivity index (χ1n) is 5.28. The summed E-state index contributed by atoms with van der Waals surface area (Å²) in [5.74, 6) is -0.0523. The lowest BCUT2D eigenvalue weighted by Gasteiger charge is -2.16. The van der Waals surface area contributed by atoms with Gasteiger partial charge in [0.15, 0.2) is 0 Å². The molecule has 3 heteroatoms. The van der Waals surface area contributed by atoms with Gasteiger partial charge in [-0.2, -0.15) is 0 Å². The smallest absolute Gasteiger partial charge is 0.0848 e. The average molecular weight is 262 g/mol. The van der Waals surface area contributed by atoms with Crippen LogP contribution in [0.5, 0.6) is 0 Å². The molecule has 1 nitrogen and oxygen atoms in total. The van der Waals surface area contributed by atoms with Gasteiger partial charge in [-0.25, -0.2) is 0 Å². The number of nitrogens with two attached hydrogens (primary N) is 1. The topological polar surface area (TPSA) is 26.0 Å². The zero-order valence-electron chi connectivity index (χ0n) is 9.14. The Morgan fingerprint density at radius 1 is 0.941 bits per heavy atom. The number of rotatable bonds is 3. The summed E-state index contributed by atoms with van der Waals surface area (Å²) in [7, 11) is 0. The van der Waals surface area contributed by atoms with Crippen LogP contribution in [0.1, 0.15) is 17.0 Å². The number of halogens is 1. The summed E-state index contributed by atoms with van der Waals surface area (Å²) >= 11 is 11.0. The van der Waals surface area contributed by atoms with Crippen LogP contribution >= 0.6 is 23.8 Å². The van der Waals surface area contributed by atoms with Gasteiger partial charge in [0.25, 0.3) is 0 Å². The third kappa shape index (κ3) is 2.84. The Morgan fingerprint density at radius 3 is 2.00 bits per heavy atom. The highest BCUT2D eigenvalue weighted by Gasteiger charge is 2.16. The molecule has 0 aliphatic carbocycles. The molecule has 0 unspecified atom stereocenters. The SMILES string of the molecule is NC(=S)[C@@H](c1ccccc1)c1ccc(Cl)cc1. The molecule has 17 heavy (non-hydrogen) atoms. The van der Waals surface area contributed by atoms with E-state index in [2.05, 4.69) is 0 Å². The number of benzene rings is 2. The molecule has 0 radical (unpaired) electrons. The fraction of sp³-hybridized carbons (Fsp3) is 0.0714. The molecule has 2 rings (SSSR count). The predicted octanol–water partition coefficient (Wildman–Crippen LogP) is 3.76. The highest BCUT2D eigenvalue weighted by Crippen LogP contribution is 2.26. The zero-order chi connectivity index (χ0) is 12.3. The molecule has 0 spiro atoms. The molecule has 0 heterocycles. The van der Waals surface area contributed by atoms with Crippen LogP contribution in [-0.4, -0.2) is 4.99 Å². The molecule has 0 amide bonds. The van der Waals surface area contributed by atoms with E-state index < -0.39 is 0 Å². The number of hydrogen-bond donors (Lipinski definition) is 1. The van der Waals surface area contributed by atoms with E-state index >= 15 is 0 Å². The minimum atomic E-state index is -0.0523. The minimum Gasteiger partial charge on any atom is -0.393 e. The van der Waals surface area contributed by atoms with Gasteiger partial charge < -0.3 is 5.73 Å². The van der Waals surface area contributed by atoms with Crippen molar-refractivity contribution >= 4 is 28.8 Å². The second-order valence-corrected chi connectivity index (χ2v) is 4.71. The Labute approximate surface area is 111 Å². The maximum Gasteiger partial charge on any atom is 0.0848 e. The van der Waals surface area contributed by atoms with Crippen LogP contribution in [0, 0.1) is 0 Å². The molecule has 2 aromatic carbocycles. The Kier molecular flexibility index (Phi) is 3.77. The summed E-state index contributed by atoms with van der Waals surface area (Å²) in [6, 6.07) is 17.6. The predicted molar refractivity (Wildman–Crippen MR) is 76.5 cm³/mol.